The van der Waals surface area contributed by atoms with Crippen LogP contribution in [0.2, 0.25) is 0 Å². The molecule has 27 heavy (non-hydrogen) atoms. The second-order valence-corrected chi connectivity index (χ2v) is 6.88. The fourth-order valence-electron chi connectivity index (χ4n) is 3.70. The summed E-state index contributed by atoms with van der Waals surface area (Å²) in [5.41, 5.74) is 3.22. The summed E-state index contributed by atoms with van der Waals surface area (Å²) in [5, 5.41) is 9.47. The first-order valence-corrected chi connectivity index (χ1v) is 9.10. The van der Waals surface area contributed by atoms with Crippen molar-refractivity contribution in [3.63, 3.8) is 0 Å². The van der Waals surface area contributed by atoms with Crippen molar-refractivity contribution < 1.29 is 9.90 Å². The Morgan fingerprint density at radius 3 is 2.59 bits per heavy atom. The summed E-state index contributed by atoms with van der Waals surface area (Å²) >= 11 is 0. The van der Waals surface area contributed by atoms with E-state index in [-0.39, 0.29) is 5.92 Å². The molecule has 1 N–H and O–H groups in total. The van der Waals surface area contributed by atoms with Crippen molar-refractivity contribution in [1.82, 2.24) is 9.97 Å². The van der Waals surface area contributed by atoms with Crippen LogP contribution in [0.15, 0.2) is 60.7 Å². The van der Waals surface area contributed by atoms with Gasteiger partial charge in [0.15, 0.2) is 5.82 Å². The molecule has 1 atom stereocenters. The summed E-state index contributed by atoms with van der Waals surface area (Å²) in [6.45, 7) is 3.59. The number of carboxylic acid groups (broad SMARTS) is 1. The van der Waals surface area contributed by atoms with Crippen LogP contribution < -0.4 is 4.90 Å². The maximum absolute atomic E-state index is 11.5. The number of carboxylic acids is 1. The third-order valence-corrected chi connectivity index (χ3v) is 5.02. The summed E-state index contributed by atoms with van der Waals surface area (Å²) < 4.78 is 0. The molecule has 1 aliphatic rings. The first kappa shape index (κ1) is 17.2. The molecular formula is C22H21N3O2. The molecule has 1 unspecified atom stereocenters. The molecule has 2 heterocycles. The van der Waals surface area contributed by atoms with Crippen LogP contribution in [0.1, 0.15) is 34.0 Å². The van der Waals surface area contributed by atoms with Gasteiger partial charge in [-0.15, -0.1) is 0 Å². The van der Waals surface area contributed by atoms with Crippen LogP contribution in [0.5, 0.6) is 0 Å². The minimum atomic E-state index is -0.867. The molecule has 0 saturated carbocycles. The van der Waals surface area contributed by atoms with Gasteiger partial charge in [-0.05, 0) is 25.0 Å². The molecule has 0 radical (unpaired) electrons. The highest BCUT2D eigenvalue weighted by Gasteiger charge is 2.28. The lowest BCUT2D eigenvalue weighted by Gasteiger charge is -2.19. The largest absolute Gasteiger partial charge is 0.478 e. The number of hydrogen-bond acceptors (Lipinski definition) is 4. The van der Waals surface area contributed by atoms with Gasteiger partial charge < -0.3 is 10.0 Å². The molecule has 0 aliphatic carbocycles. The van der Waals surface area contributed by atoms with Crippen LogP contribution in [0.3, 0.4) is 0 Å². The van der Waals surface area contributed by atoms with Crippen LogP contribution in [0.25, 0.3) is 11.4 Å². The number of aromatic nitrogens is 2. The fourth-order valence-corrected chi connectivity index (χ4v) is 3.70. The first-order valence-electron chi connectivity index (χ1n) is 9.10. The summed E-state index contributed by atoms with van der Waals surface area (Å²) in [4.78, 5) is 23.1. The molecule has 1 saturated heterocycles. The van der Waals surface area contributed by atoms with Crippen molar-refractivity contribution >= 4 is 11.8 Å². The molecule has 0 spiro atoms. The molecule has 4 rings (SSSR count). The van der Waals surface area contributed by atoms with Gasteiger partial charge in [-0.2, -0.15) is 0 Å². The van der Waals surface area contributed by atoms with Crippen molar-refractivity contribution in [3.05, 3.63) is 77.5 Å². The summed E-state index contributed by atoms with van der Waals surface area (Å²) in [6, 6.07) is 19.3. The summed E-state index contributed by atoms with van der Waals surface area (Å²) in [5.74, 6) is 0.942. The van der Waals surface area contributed by atoms with E-state index in [1.165, 1.54) is 0 Å². The monoisotopic (exact) mass is 359 g/mol. The summed E-state index contributed by atoms with van der Waals surface area (Å²) in [7, 11) is 0. The first-order chi connectivity index (χ1) is 13.1. The van der Waals surface area contributed by atoms with Gasteiger partial charge >= 0.3 is 5.97 Å². The Labute approximate surface area is 158 Å². The lowest BCUT2D eigenvalue weighted by molar-refractivity contribution is 0.0695. The molecule has 1 aromatic heterocycles. The van der Waals surface area contributed by atoms with Gasteiger partial charge in [-0.25, -0.2) is 14.8 Å². The van der Waals surface area contributed by atoms with E-state index in [2.05, 4.69) is 9.88 Å². The Bertz CT molecular complexity index is 972. The number of aromatic carboxylic acids is 1. The molecular weight excluding hydrogens is 338 g/mol. The maximum Gasteiger partial charge on any atom is 0.335 e. The SMILES string of the molecule is Cc1cc(N2CCC(c3ccccc3C(=O)O)C2)nc(-c2ccccc2)n1. The second-order valence-electron chi connectivity index (χ2n) is 6.88. The lowest BCUT2D eigenvalue weighted by atomic mass is 9.93. The Hall–Kier alpha value is -3.21. The zero-order valence-corrected chi connectivity index (χ0v) is 15.2. The molecule has 0 amide bonds. The molecule has 1 aliphatic heterocycles. The van der Waals surface area contributed by atoms with E-state index in [1.54, 1.807) is 12.1 Å². The third-order valence-electron chi connectivity index (χ3n) is 5.02. The second kappa shape index (κ2) is 7.19. The standard InChI is InChI=1S/C22H21N3O2/c1-15-13-20(24-21(23-15)16-7-3-2-4-8-16)25-12-11-17(14-25)18-9-5-6-10-19(18)22(26)27/h2-10,13,17H,11-12,14H2,1H3,(H,26,27). The summed E-state index contributed by atoms with van der Waals surface area (Å²) in [6.07, 6.45) is 0.911. The van der Waals surface area contributed by atoms with Crippen molar-refractivity contribution in [1.29, 1.82) is 0 Å². The average Bonchev–Trinajstić information content (AvgIpc) is 3.18. The number of carbonyl (C=O) groups is 1. The predicted molar refractivity (Wildman–Crippen MR) is 105 cm³/mol. The van der Waals surface area contributed by atoms with Gasteiger partial charge in [0.05, 0.1) is 5.56 Å². The molecule has 136 valence electrons. The zero-order valence-electron chi connectivity index (χ0n) is 15.2. The Morgan fingerprint density at radius 2 is 1.81 bits per heavy atom. The maximum atomic E-state index is 11.5. The Balaban J connectivity index is 1.61. The molecule has 5 heteroatoms. The van der Waals surface area contributed by atoms with Crippen molar-refractivity contribution in [2.45, 2.75) is 19.3 Å². The van der Waals surface area contributed by atoms with E-state index in [1.807, 2.05) is 55.5 Å². The van der Waals surface area contributed by atoms with Crippen LogP contribution in [-0.2, 0) is 0 Å². The van der Waals surface area contributed by atoms with Crippen molar-refractivity contribution in [3.8, 4) is 11.4 Å². The normalized spacial score (nSPS) is 16.5. The zero-order chi connectivity index (χ0) is 18.8. The van der Waals surface area contributed by atoms with Crippen molar-refractivity contribution in [2.75, 3.05) is 18.0 Å². The topological polar surface area (TPSA) is 66.3 Å². The predicted octanol–water partition coefficient (Wildman–Crippen LogP) is 4.14. The van der Waals surface area contributed by atoms with Gasteiger partial charge in [0.2, 0.25) is 0 Å². The molecule has 1 fully saturated rings. The number of anilines is 1. The number of hydrogen-bond donors (Lipinski definition) is 1. The van der Waals surface area contributed by atoms with Gasteiger partial charge in [0, 0.05) is 36.3 Å². The minimum absolute atomic E-state index is 0.188. The third kappa shape index (κ3) is 3.53. The highest BCUT2D eigenvalue weighted by atomic mass is 16.4. The van der Waals surface area contributed by atoms with E-state index >= 15 is 0 Å². The number of benzene rings is 2. The van der Waals surface area contributed by atoms with Crippen LogP contribution in [-0.4, -0.2) is 34.1 Å². The van der Waals surface area contributed by atoms with Crippen LogP contribution in [0.4, 0.5) is 5.82 Å². The van der Waals surface area contributed by atoms with E-state index in [4.69, 9.17) is 4.98 Å². The van der Waals surface area contributed by atoms with Gasteiger partial charge in [0.25, 0.3) is 0 Å². The molecule has 0 bridgehead atoms. The van der Waals surface area contributed by atoms with Gasteiger partial charge in [-0.3, -0.25) is 0 Å². The lowest BCUT2D eigenvalue weighted by Crippen LogP contribution is -2.21. The number of aryl methyl sites for hydroxylation is 1. The minimum Gasteiger partial charge on any atom is -0.478 e. The smallest absolute Gasteiger partial charge is 0.335 e. The molecule has 2 aromatic carbocycles. The van der Waals surface area contributed by atoms with Crippen LogP contribution >= 0.6 is 0 Å². The Kier molecular flexibility index (Phi) is 4.59. The van der Waals surface area contributed by atoms with E-state index < -0.39 is 5.97 Å². The highest BCUT2D eigenvalue weighted by Crippen LogP contribution is 2.32. The quantitative estimate of drug-likeness (QED) is 0.758. The molecule has 3 aromatic rings. The fraction of sp³-hybridized carbons (Fsp3) is 0.227. The number of rotatable bonds is 4. The molecule has 5 nitrogen and oxygen atoms in total. The number of nitrogens with zero attached hydrogens (tertiary/aromatic N) is 3. The van der Waals surface area contributed by atoms with E-state index in [0.29, 0.717) is 5.56 Å². The van der Waals surface area contributed by atoms with Crippen LogP contribution in [0, 0.1) is 6.92 Å². The van der Waals surface area contributed by atoms with E-state index in [0.717, 1.165) is 48.0 Å². The van der Waals surface area contributed by atoms with Gasteiger partial charge in [0.1, 0.15) is 5.82 Å². The van der Waals surface area contributed by atoms with E-state index in [9.17, 15) is 9.90 Å². The average molecular weight is 359 g/mol. The van der Waals surface area contributed by atoms with Crippen molar-refractivity contribution in [2.24, 2.45) is 0 Å². The highest BCUT2D eigenvalue weighted by molar-refractivity contribution is 5.89. The van der Waals surface area contributed by atoms with Gasteiger partial charge in [-0.1, -0.05) is 48.5 Å². The Morgan fingerprint density at radius 1 is 1.07 bits per heavy atom.